The van der Waals surface area contributed by atoms with Crippen molar-refractivity contribution in [3.63, 3.8) is 0 Å². The van der Waals surface area contributed by atoms with Crippen LogP contribution in [0.25, 0.3) is 0 Å². The molecule has 0 saturated heterocycles. The molecule has 4 nitrogen and oxygen atoms in total. The van der Waals surface area contributed by atoms with E-state index in [1.807, 2.05) is 24.3 Å². The van der Waals surface area contributed by atoms with Crippen molar-refractivity contribution in [2.24, 2.45) is 0 Å². The molecule has 116 valence electrons. The molecule has 0 radical (unpaired) electrons. The number of nitrogens with one attached hydrogen (secondary N) is 1. The van der Waals surface area contributed by atoms with Crippen LogP contribution in [0.15, 0.2) is 24.3 Å². The predicted octanol–water partition coefficient (Wildman–Crippen LogP) is 2.91. The van der Waals surface area contributed by atoms with Crippen LogP contribution in [0.2, 0.25) is 0 Å². The van der Waals surface area contributed by atoms with E-state index in [1.165, 1.54) is 12.8 Å². The van der Waals surface area contributed by atoms with Gasteiger partial charge < -0.3 is 14.8 Å². The number of ether oxygens (including phenoxy) is 2. The third kappa shape index (κ3) is 4.29. The SMILES string of the molecule is COCc1ccccc1C(=O)N[C@@H]1CCCCC[C@@H]1OC. The Hall–Kier alpha value is -1.39. The summed E-state index contributed by atoms with van der Waals surface area (Å²) in [7, 11) is 3.37. The Morgan fingerprint density at radius 3 is 2.71 bits per heavy atom. The molecule has 0 aliphatic heterocycles. The van der Waals surface area contributed by atoms with Crippen LogP contribution in [-0.4, -0.2) is 32.3 Å². The van der Waals surface area contributed by atoms with E-state index in [-0.39, 0.29) is 18.1 Å². The number of carbonyl (C=O) groups excluding carboxylic acids is 1. The lowest BCUT2D eigenvalue weighted by atomic mass is 10.0. The average molecular weight is 291 g/mol. The Balaban J connectivity index is 2.09. The summed E-state index contributed by atoms with van der Waals surface area (Å²) in [4.78, 5) is 12.6. The van der Waals surface area contributed by atoms with Gasteiger partial charge in [-0.25, -0.2) is 0 Å². The summed E-state index contributed by atoms with van der Waals surface area (Å²) in [6, 6.07) is 7.69. The van der Waals surface area contributed by atoms with Gasteiger partial charge >= 0.3 is 0 Å². The molecule has 0 unspecified atom stereocenters. The highest BCUT2D eigenvalue weighted by molar-refractivity contribution is 5.95. The monoisotopic (exact) mass is 291 g/mol. The Morgan fingerprint density at radius 1 is 1.19 bits per heavy atom. The van der Waals surface area contributed by atoms with Crippen molar-refractivity contribution in [3.05, 3.63) is 35.4 Å². The van der Waals surface area contributed by atoms with Gasteiger partial charge in [0, 0.05) is 19.8 Å². The van der Waals surface area contributed by atoms with Crippen LogP contribution in [0, 0.1) is 0 Å². The van der Waals surface area contributed by atoms with Gasteiger partial charge in [-0.15, -0.1) is 0 Å². The minimum Gasteiger partial charge on any atom is -0.380 e. The van der Waals surface area contributed by atoms with E-state index in [1.54, 1.807) is 14.2 Å². The summed E-state index contributed by atoms with van der Waals surface area (Å²) >= 11 is 0. The minimum absolute atomic E-state index is 0.0309. The molecule has 1 aliphatic carbocycles. The lowest BCUT2D eigenvalue weighted by Crippen LogP contribution is -2.43. The predicted molar refractivity (Wildman–Crippen MR) is 82.3 cm³/mol. The molecule has 2 rings (SSSR count). The van der Waals surface area contributed by atoms with Crippen molar-refractivity contribution < 1.29 is 14.3 Å². The highest BCUT2D eigenvalue weighted by atomic mass is 16.5. The third-order valence-electron chi connectivity index (χ3n) is 4.13. The number of rotatable bonds is 5. The zero-order valence-corrected chi connectivity index (χ0v) is 12.9. The molecule has 1 aromatic carbocycles. The fraction of sp³-hybridized carbons (Fsp3) is 0.588. The summed E-state index contributed by atoms with van der Waals surface area (Å²) < 4.78 is 10.7. The second-order valence-electron chi connectivity index (χ2n) is 5.58. The van der Waals surface area contributed by atoms with E-state index in [0.717, 1.165) is 24.8 Å². The molecular weight excluding hydrogens is 266 g/mol. The van der Waals surface area contributed by atoms with Crippen molar-refractivity contribution in [2.45, 2.75) is 50.9 Å². The first-order valence-electron chi connectivity index (χ1n) is 7.66. The normalized spacial score (nSPS) is 22.6. The minimum atomic E-state index is -0.0309. The van der Waals surface area contributed by atoms with E-state index in [4.69, 9.17) is 9.47 Å². The second kappa shape index (κ2) is 8.15. The van der Waals surface area contributed by atoms with Crippen molar-refractivity contribution in [2.75, 3.05) is 14.2 Å². The second-order valence-corrected chi connectivity index (χ2v) is 5.58. The highest BCUT2D eigenvalue weighted by Crippen LogP contribution is 2.21. The van der Waals surface area contributed by atoms with Gasteiger partial charge in [0.05, 0.1) is 18.8 Å². The van der Waals surface area contributed by atoms with Crippen LogP contribution in [0.1, 0.15) is 48.0 Å². The molecule has 1 aliphatic rings. The summed E-state index contributed by atoms with van der Waals surface area (Å²) in [5.41, 5.74) is 1.61. The molecule has 1 fully saturated rings. The largest absolute Gasteiger partial charge is 0.380 e. The zero-order valence-electron chi connectivity index (χ0n) is 12.9. The first-order valence-corrected chi connectivity index (χ1v) is 7.66. The van der Waals surface area contributed by atoms with Gasteiger partial charge in [-0.05, 0) is 24.5 Å². The molecule has 0 spiro atoms. The average Bonchev–Trinajstić information content (AvgIpc) is 2.73. The zero-order chi connectivity index (χ0) is 15.1. The van der Waals surface area contributed by atoms with E-state index in [0.29, 0.717) is 12.2 Å². The summed E-state index contributed by atoms with van der Waals surface area (Å²) in [5, 5.41) is 3.16. The van der Waals surface area contributed by atoms with E-state index in [9.17, 15) is 4.79 Å². The van der Waals surface area contributed by atoms with E-state index < -0.39 is 0 Å². The first kappa shape index (κ1) is 16.0. The Kier molecular flexibility index (Phi) is 6.21. The van der Waals surface area contributed by atoms with E-state index >= 15 is 0 Å². The van der Waals surface area contributed by atoms with Crippen LogP contribution in [0.5, 0.6) is 0 Å². The number of benzene rings is 1. The number of hydrogen-bond acceptors (Lipinski definition) is 3. The maximum atomic E-state index is 12.6. The molecule has 4 heteroatoms. The molecule has 21 heavy (non-hydrogen) atoms. The Bertz CT molecular complexity index is 461. The molecule has 1 N–H and O–H groups in total. The quantitative estimate of drug-likeness (QED) is 0.849. The topological polar surface area (TPSA) is 47.6 Å². The highest BCUT2D eigenvalue weighted by Gasteiger charge is 2.25. The maximum absolute atomic E-state index is 12.6. The summed E-state index contributed by atoms with van der Waals surface area (Å²) in [5.74, 6) is -0.0309. The van der Waals surface area contributed by atoms with Gasteiger partial charge in [-0.3, -0.25) is 4.79 Å². The van der Waals surface area contributed by atoms with Crippen molar-refractivity contribution in [1.82, 2.24) is 5.32 Å². The standard InChI is InChI=1S/C17H25NO3/c1-20-12-13-8-6-7-9-14(13)17(19)18-15-10-4-3-5-11-16(15)21-2/h6-9,15-16H,3-5,10-12H2,1-2H3,(H,18,19)/t15-,16+/m1/s1. The van der Waals surface area contributed by atoms with Crippen LogP contribution in [0.4, 0.5) is 0 Å². The van der Waals surface area contributed by atoms with E-state index in [2.05, 4.69) is 5.32 Å². The lowest BCUT2D eigenvalue weighted by molar-refractivity contribution is 0.0567. The molecular formula is C17H25NO3. The number of hydrogen-bond donors (Lipinski definition) is 1. The third-order valence-corrected chi connectivity index (χ3v) is 4.13. The van der Waals surface area contributed by atoms with Gasteiger partial charge in [0.1, 0.15) is 0 Å². The fourth-order valence-corrected chi connectivity index (χ4v) is 2.99. The molecule has 0 aromatic heterocycles. The lowest BCUT2D eigenvalue weighted by Gasteiger charge is -2.25. The van der Waals surface area contributed by atoms with Crippen LogP contribution in [-0.2, 0) is 16.1 Å². The molecule has 1 saturated carbocycles. The van der Waals surface area contributed by atoms with Crippen molar-refractivity contribution in [3.8, 4) is 0 Å². The molecule has 1 amide bonds. The fourth-order valence-electron chi connectivity index (χ4n) is 2.99. The Morgan fingerprint density at radius 2 is 1.95 bits per heavy atom. The Labute approximate surface area is 126 Å². The van der Waals surface area contributed by atoms with Gasteiger partial charge in [-0.2, -0.15) is 0 Å². The van der Waals surface area contributed by atoms with Crippen LogP contribution >= 0.6 is 0 Å². The number of methoxy groups -OCH3 is 2. The summed E-state index contributed by atoms with van der Waals surface area (Å²) in [6.45, 7) is 0.446. The van der Waals surface area contributed by atoms with Crippen molar-refractivity contribution >= 4 is 5.91 Å². The first-order chi connectivity index (χ1) is 10.3. The maximum Gasteiger partial charge on any atom is 0.251 e. The molecule has 1 aromatic rings. The van der Waals surface area contributed by atoms with Gasteiger partial charge in [0.25, 0.3) is 5.91 Å². The molecule has 0 heterocycles. The number of carbonyl (C=O) groups is 1. The van der Waals surface area contributed by atoms with Gasteiger partial charge in [-0.1, -0.05) is 37.5 Å². The molecule has 2 atom stereocenters. The number of amides is 1. The van der Waals surface area contributed by atoms with Gasteiger partial charge in [0.15, 0.2) is 0 Å². The van der Waals surface area contributed by atoms with Crippen LogP contribution < -0.4 is 5.32 Å². The van der Waals surface area contributed by atoms with Gasteiger partial charge in [0.2, 0.25) is 0 Å². The molecule has 0 bridgehead atoms. The summed E-state index contributed by atoms with van der Waals surface area (Å²) in [6.07, 6.45) is 5.64. The van der Waals surface area contributed by atoms with Crippen molar-refractivity contribution in [1.29, 1.82) is 0 Å². The van der Waals surface area contributed by atoms with Crippen LogP contribution in [0.3, 0.4) is 0 Å². The smallest absolute Gasteiger partial charge is 0.251 e.